The number of oxazole rings is 1. The molecule has 314 valence electrons. The number of cyclic esters (lactones) is 1. The molecule has 0 spiro atoms. The fraction of sp³-hybridized carbons (Fsp3) is 0.390. The van der Waals surface area contributed by atoms with Gasteiger partial charge in [0.05, 0.1) is 44.3 Å². The zero-order valence-electron chi connectivity index (χ0n) is 31.7. The number of phenolic OH excluding ortho intramolecular Hbond substituents is 1. The zero-order chi connectivity index (χ0) is 41.2. The minimum atomic E-state index is -1.47. The number of benzene rings is 3. The summed E-state index contributed by atoms with van der Waals surface area (Å²) in [5.74, 6) is -3.24. The number of nitrogens with zero attached hydrogens (tertiary/aromatic N) is 1. The first kappa shape index (κ1) is 39.0. The third kappa shape index (κ3) is 6.87. The average Bonchev–Trinajstić information content (AvgIpc) is 4.09. The Kier molecular flexibility index (Phi) is 10.2. The van der Waals surface area contributed by atoms with Crippen molar-refractivity contribution in [3.63, 3.8) is 0 Å². The molecule has 4 aliphatic heterocycles. The van der Waals surface area contributed by atoms with Crippen LogP contribution in [0.1, 0.15) is 39.9 Å². The third-order valence-electron chi connectivity index (χ3n) is 11.3. The molecular weight excluding hydrogens is 830 g/mol. The van der Waals surface area contributed by atoms with Gasteiger partial charge in [-0.1, -0.05) is 17.8 Å². The summed E-state index contributed by atoms with van der Waals surface area (Å²) in [5, 5.41) is 24.8. The molecule has 1 aliphatic carbocycles. The third-order valence-corrected chi connectivity index (χ3v) is 13.0. The summed E-state index contributed by atoms with van der Waals surface area (Å²) in [5.41, 5.74) is 2.43. The fourth-order valence-corrected chi connectivity index (χ4v) is 9.87. The normalized spacial score (nSPS) is 29.0. The minimum absolute atomic E-state index is 0.0131. The summed E-state index contributed by atoms with van der Waals surface area (Å²) >= 11 is 2.35. The molecule has 0 amide bonds. The Hall–Kier alpha value is -5.15. The summed E-state index contributed by atoms with van der Waals surface area (Å²) < 4.78 is 79.4. The van der Waals surface area contributed by atoms with Crippen LogP contribution < -0.4 is 18.9 Å². The van der Waals surface area contributed by atoms with Crippen molar-refractivity contribution in [3.8, 4) is 28.7 Å². The van der Waals surface area contributed by atoms with Gasteiger partial charge in [0, 0.05) is 17.9 Å². The number of thioether (sulfide) groups is 1. The van der Waals surface area contributed by atoms with Gasteiger partial charge in [-0.25, -0.2) is 9.37 Å². The first-order valence-electron chi connectivity index (χ1n) is 18.9. The Morgan fingerprint density at radius 1 is 1.00 bits per heavy atom. The molecule has 5 aromatic rings. The van der Waals surface area contributed by atoms with E-state index >= 15 is 0 Å². The molecule has 0 radical (unpaired) electrons. The number of hydrogen-bond donors (Lipinski definition) is 2. The van der Waals surface area contributed by atoms with E-state index in [1.807, 2.05) is 17.5 Å². The van der Waals surface area contributed by atoms with E-state index in [0.29, 0.717) is 33.8 Å². The van der Waals surface area contributed by atoms with Crippen LogP contribution in [0.5, 0.6) is 28.7 Å². The van der Waals surface area contributed by atoms with Gasteiger partial charge in [-0.05, 0) is 64.5 Å². The van der Waals surface area contributed by atoms with Crippen molar-refractivity contribution in [1.82, 2.24) is 4.98 Å². The van der Waals surface area contributed by atoms with Crippen LogP contribution in [0.4, 0.5) is 4.39 Å². The molecule has 10 rings (SSSR count). The number of halogens is 1. The summed E-state index contributed by atoms with van der Waals surface area (Å²) in [6, 6.07) is 14.4. The summed E-state index contributed by atoms with van der Waals surface area (Å²) in [6.07, 6.45) is -7.94. The average molecular weight is 866 g/mol. The molecule has 2 N–H and O–H groups in total. The Balaban J connectivity index is 0.994. The lowest BCUT2D eigenvalue weighted by atomic mass is 9.66. The van der Waals surface area contributed by atoms with Crippen LogP contribution in [0.3, 0.4) is 0 Å². The Morgan fingerprint density at radius 3 is 2.53 bits per heavy atom. The number of methoxy groups -OCH3 is 2. The number of aliphatic hydroxyl groups excluding tert-OH is 1. The molecule has 3 aromatic carbocycles. The van der Waals surface area contributed by atoms with E-state index in [1.165, 1.54) is 43.8 Å². The van der Waals surface area contributed by atoms with Gasteiger partial charge in [0.2, 0.25) is 12.5 Å². The van der Waals surface area contributed by atoms with Crippen LogP contribution in [0.25, 0.3) is 11.1 Å². The Bertz CT molecular complexity index is 2420. The predicted molar refractivity (Wildman–Crippen MR) is 205 cm³/mol. The second-order valence-electron chi connectivity index (χ2n) is 14.6. The fourth-order valence-electron chi connectivity index (χ4n) is 8.54. The summed E-state index contributed by atoms with van der Waals surface area (Å²) in [4.78, 5) is 32.5. The van der Waals surface area contributed by atoms with E-state index in [4.69, 9.17) is 51.8 Å². The number of rotatable bonds is 10. The first-order valence-corrected chi connectivity index (χ1v) is 20.8. The minimum Gasteiger partial charge on any atom is -0.502 e. The highest BCUT2D eigenvalue weighted by Gasteiger charge is 2.57. The Labute approximate surface area is 348 Å². The lowest BCUT2D eigenvalue weighted by Crippen LogP contribution is -2.63. The predicted octanol–water partition coefficient (Wildman–Crippen LogP) is 5.38. The van der Waals surface area contributed by atoms with Crippen LogP contribution in [-0.4, -0.2) is 97.8 Å². The van der Waals surface area contributed by atoms with Gasteiger partial charge < -0.3 is 62.0 Å². The number of ether oxygens (including phenoxy) is 10. The molecule has 5 aliphatic rings. The number of aromatic nitrogens is 1. The molecule has 0 unspecified atom stereocenters. The number of hydrogen-bond acceptors (Lipinski definition) is 18. The van der Waals surface area contributed by atoms with Crippen LogP contribution in [0, 0.1) is 17.7 Å². The van der Waals surface area contributed by atoms with E-state index in [9.17, 15) is 24.2 Å². The Morgan fingerprint density at radius 2 is 1.78 bits per heavy atom. The molecule has 10 atom stereocenters. The summed E-state index contributed by atoms with van der Waals surface area (Å²) in [7, 11) is 2.82. The van der Waals surface area contributed by atoms with Gasteiger partial charge in [0.1, 0.15) is 35.4 Å². The van der Waals surface area contributed by atoms with E-state index < -0.39 is 78.6 Å². The number of carbonyl (C=O) groups is 2. The zero-order valence-corrected chi connectivity index (χ0v) is 33.4. The highest BCUT2D eigenvalue weighted by Crippen LogP contribution is 2.57. The molecule has 19 heteroatoms. The standard InChI is InChI=1S/C41H36FNO15S2/c1-48-26-8-17(9-27(49-2)33(26)45)31-19-11-24-25(53-16-52-24)12-20(19)35(21-13-50-38(47)32(21)31)57-40-37(34(46)36-28(54-40)14-51-39(58-36)29-4-3-7-59-29)56-30(44)15-60-41-43-22-10-18(42)5-6-23(22)55-41/h3-12,21,28,31-32,34-37,39-40,45-46H,13-16H2,1-2H3/t21-,28+,31+,32-,34-,35+,36+,37+,39+,40-/m0/s1. The number of carbonyl (C=O) groups excluding carboxylic acids is 2. The molecule has 0 saturated carbocycles. The van der Waals surface area contributed by atoms with Gasteiger partial charge in [0.25, 0.3) is 5.22 Å². The molecule has 3 saturated heterocycles. The van der Waals surface area contributed by atoms with Crippen LogP contribution in [0.2, 0.25) is 0 Å². The van der Waals surface area contributed by atoms with Crippen molar-refractivity contribution in [1.29, 1.82) is 0 Å². The van der Waals surface area contributed by atoms with Gasteiger partial charge in [0.15, 0.2) is 47.3 Å². The molecule has 2 aromatic heterocycles. The molecule has 0 bridgehead atoms. The van der Waals surface area contributed by atoms with E-state index in [-0.39, 0.29) is 53.7 Å². The smallest absolute Gasteiger partial charge is 0.317 e. The highest BCUT2D eigenvalue weighted by atomic mass is 32.2. The second kappa shape index (κ2) is 15.7. The van der Waals surface area contributed by atoms with Crippen LogP contribution in [0.15, 0.2) is 69.6 Å². The number of thiophene rings is 1. The van der Waals surface area contributed by atoms with Gasteiger partial charge in [-0.3, -0.25) is 9.59 Å². The monoisotopic (exact) mass is 865 g/mol. The van der Waals surface area contributed by atoms with E-state index in [2.05, 4.69) is 4.98 Å². The maximum absolute atomic E-state index is 13.8. The van der Waals surface area contributed by atoms with Crippen molar-refractivity contribution >= 4 is 46.1 Å². The number of phenols is 1. The van der Waals surface area contributed by atoms with Crippen LogP contribution >= 0.6 is 23.1 Å². The highest BCUT2D eigenvalue weighted by molar-refractivity contribution is 7.99. The van der Waals surface area contributed by atoms with Gasteiger partial charge >= 0.3 is 11.9 Å². The SMILES string of the molecule is COc1cc([C@@H]2c3cc4c(cc3[C@@H](O[C@@H]3O[C@@H]5CO[C@@H](c6cccs6)O[C@H]5[C@H](O)[C@H]3OC(=O)CSc3nc5cc(F)ccc5o3)[C@H]3COC(=O)[C@H]23)OCO4)cc(OC)c1O. The summed E-state index contributed by atoms with van der Waals surface area (Å²) in [6.45, 7) is -0.0658. The van der Waals surface area contributed by atoms with Crippen molar-refractivity contribution in [2.45, 2.75) is 54.2 Å². The van der Waals surface area contributed by atoms with Gasteiger partial charge in [-0.15, -0.1) is 11.3 Å². The van der Waals surface area contributed by atoms with Crippen LogP contribution in [-0.2, 0) is 38.0 Å². The second-order valence-corrected chi connectivity index (χ2v) is 16.5. The first-order chi connectivity index (χ1) is 29.2. The molecular formula is C41H36FNO15S2. The van der Waals surface area contributed by atoms with E-state index in [0.717, 1.165) is 16.6 Å². The maximum Gasteiger partial charge on any atom is 0.317 e. The topological polar surface area (TPSA) is 193 Å². The lowest BCUT2D eigenvalue weighted by molar-refractivity contribution is -0.369. The van der Waals surface area contributed by atoms with Crippen molar-refractivity contribution in [2.75, 3.05) is 40.0 Å². The number of esters is 2. The van der Waals surface area contributed by atoms with Crippen molar-refractivity contribution in [3.05, 3.63) is 87.4 Å². The van der Waals surface area contributed by atoms with E-state index in [1.54, 1.807) is 24.3 Å². The van der Waals surface area contributed by atoms with Crippen molar-refractivity contribution in [2.24, 2.45) is 11.8 Å². The molecule has 16 nitrogen and oxygen atoms in total. The molecule has 3 fully saturated rings. The van der Waals surface area contributed by atoms with Crippen molar-refractivity contribution < 1.29 is 76.0 Å². The molecule has 60 heavy (non-hydrogen) atoms. The number of aromatic hydroxyl groups is 1. The quantitative estimate of drug-likeness (QED) is 0.134. The lowest BCUT2D eigenvalue weighted by Gasteiger charge is -2.48. The number of aliphatic hydroxyl groups is 1. The molecule has 6 heterocycles. The number of fused-ring (bicyclic) bond motifs is 5. The van der Waals surface area contributed by atoms with Gasteiger partial charge in [-0.2, -0.15) is 0 Å². The largest absolute Gasteiger partial charge is 0.502 e. The maximum atomic E-state index is 13.8.